The standard InChI is InChI=1S/C16H17NS/c1-16(2,3)11-10-12-8-9-15(18-12)13-6-4-5-7-14(13)17/h4-9H,17H2,1-3H3. The fourth-order valence-corrected chi connectivity index (χ4v) is 2.43. The highest BCUT2D eigenvalue weighted by Gasteiger charge is 2.06. The van der Waals surface area contributed by atoms with Crippen LogP contribution in [-0.2, 0) is 0 Å². The van der Waals surface area contributed by atoms with Gasteiger partial charge in [0, 0.05) is 21.5 Å². The second-order valence-corrected chi connectivity index (χ2v) is 6.33. The van der Waals surface area contributed by atoms with E-state index in [1.54, 1.807) is 11.3 Å². The minimum Gasteiger partial charge on any atom is -0.398 e. The van der Waals surface area contributed by atoms with Crippen LogP contribution in [0.1, 0.15) is 25.6 Å². The Morgan fingerprint density at radius 2 is 1.78 bits per heavy atom. The largest absolute Gasteiger partial charge is 0.398 e. The highest BCUT2D eigenvalue weighted by molar-refractivity contribution is 7.16. The molecule has 18 heavy (non-hydrogen) atoms. The first-order chi connectivity index (χ1) is 8.46. The lowest BCUT2D eigenvalue weighted by Crippen LogP contribution is -1.98. The Morgan fingerprint density at radius 3 is 2.44 bits per heavy atom. The van der Waals surface area contributed by atoms with Gasteiger partial charge in [-0.15, -0.1) is 11.3 Å². The molecule has 2 N–H and O–H groups in total. The molecule has 1 aromatic carbocycles. The van der Waals surface area contributed by atoms with Crippen LogP contribution in [0.4, 0.5) is 5.69 Å². The maximum Gasteiger partial charge on any atom is 0.0775 e. The Bertz CT molecular complexity index is 606. The van der Waals surface area contributed by atoms with Crippen molar-refractivity contribution in [3.8, 4) is 22.3 Å². The van der Waals surface area contributed by atoms with Crippen molar-refractivity contribution in [1.82, 2.24) is 0 Å². The van der Waals surface area contributed by atoms with Crippen LogP contribution in [0.3, 0.4) is 0 Å². The van der Waals surface area contributed by atoms with E-state index in [1.807, 2.05) is 24.3 Å². The number of thiophene rings is 1. The molecule has 0 saturated heterocycles. The van der Waals surface area contributed by atoms with Crippen molar-refractivity contribution in [2.75, 3.05) is 5.73 Å². The van der Waals surface area contributed by atoms with E-state index in [0.29, 0.717) is 0 Å². The Balaban J connectivity index is 2.31. The monoisotopic (exact) mass is 255 g/mol. The summed E-state index contributed by atoms with van der Waals surface area (Å²) < 4.78 is 0. The number of hydrogen-bond donors (Lipinski definition) is 1. The molecule has 0 atom stereocenters. The SMILES string of the molecule is CC(C)(C)C#Cc1ccc(-c2ccccc2N)s1. The summed E-state index contributed by atoms with van der Waals surface area (Å²) in [6.45, 7) is 6.34. The number of benzene rings is 1. The normalized spacial score (nSPS) is 10.8. The Hall–Kier alpha value is -1.72. The lowest BCUT2D eigenvalue weighted by Gasteiger charge is -2.06. The van der Waals surface area contributed by atoms with Crippen molar-refractivity contribution in [2.24, 2.45) is 5.41 Å². The van der Waals surface area contributed by atoms with Crippen molar-refractivity contribution in [1.29, 1.82) is 0 Å². The quantitative estimate of drug-likeness (QED) is 0.593. The molecule has 0 fully saturated rings. The summed E-state index contributed by atoms with van der Waals surface area (Å²) in [6, 6.07) is 12.1. The highest BCUT2D eigenvalue weighted by Crippen LogP contribution is 2.31. The molecule has 1 aromatic heterocycles. The molecule has 0 aliphatic carbocycles. The van der Waals surface area contributed by atoms with E-state index in [1.165, 1.54) is 4.88 Å². The molecule has 1 nitrogen and oxygen atoms in total. The zero-order valence-corrected chi connectivity index (χ0v) is 11.8. The van der Waals surface area contributed by atoms with Gasteiger partial charge in [0.05, 0.1) is 4.88 Å². The Labute approximate surface area is 113 Å². The van der Waals surface area contributed by atoms with Crippen LogP contribution in [0.25, 0.3) is 10.4 Å². The molecule has 92 valence electrons. The van der Waals surface area contributed by atoms with E-state index < -0.39 is 0 Å². The van der Waals surface area contributed by atoms with Gasteiger partial charge < -0.3 is 5.73 Å². The summed E-state index contributed by atoms with van der Waals surface area (Å²) in [7, 11) is 0. The number of nitrogen functional groups attached to an aromatic ring is 1. The molecular weight excluding hydrogens is 238 g/mol. The molecule has 0 unspecified atom stereocenters. The average Bonchev–Trinajstić information content (AvgIpc) is 2.75. The molecule has 0 radical (unpaired) electrons. The van der Waals surface area contributed by atoms with Gasteiger partial charge in [0.15, 0.2) is 0 Å². The van der Waals surface area contributed by atoms with Gasteiger partial charge in [-0.2, -0.15) is 0 Å². The van der Waals surface area contributed by atoms with E-state index in [4.69, 9.17) is 5.73 Å². The fraction of sp³-hybridized carbons (Fsp3) is 0.250. The second-order valence-electron chi connectivity index (χ2n) is 5.25. The summed E-state index contributed by atoms with van der Waals surface area (Å²) >= 11 is 1.69. The molecule has 2 heteroatoms. The third-order valence-corrected chi connectivity index (χ3v) is 3.43. The zero-order valence-electron chi connectivity index (χ0n) is 10.9. The highest BCUT2D eigenvalue weighted by atomic mass is 32.1. The number of hydrogen-bond acceptors (Lipinski definition) is 2. The van der Waals surface area contributed by atoms with Crippen LogP contribution in [0.2, 0.25) is 0 Å². The minimum atomic E-state index is 0.0376. The third-order valence-electron chi connectivity index (χ3n) is 2.39. The van der Waals surface area contributed by atoms with Crippen LogP contribution < -0.4 is 5.73 Å². The number of rotatable bonds is 1. The topological polar surface area (TPSA) is 26.0 Å². The molecule has 0 amide bonds. The Morgan fingerprint density at radius 1 is 1.06 bits per heavy atom. The van der Waals surface area contributed by atoms with Crippen LogP contribution in [-0.4, -0.2) is 0 Å². The summed E-state index contributed by atoms with van der Waals surface area (Å²) in [6.07, 6.45) is 0. The van der Waals surface area contributed by atoms with Crippen molar-refractivity contribution in [3.05, 3.63) is 41.3 Å². The second kappa shape index (κ2) is 4.88. The van der Waals surface area contributed by atoms with Gasteiger partial charge >= 0.3 is 0 Å². The lowest BCUT2D eigenvalue weighted by molar-refractivity contribution is 0.571. The van der Waals surface area contributed by atoms with Gasteiger partial charge in [0.25, 0.3) is 0 Å². The van der Waals surface area contributed by atoms with Crippen molar-refractivity contribution in [3.63, 3.8) is 0 Å². The van der Waals surface area contributed by atoms with E-state index in [2.05, 4.69) is 44.7 Å². The van der Waals surface area contributed by atoms with E-state index in [0.717, 1.165) is 16.1 Å². The van der Waals surface area contributed by atoms with E-state index in [9.17, 15) is 0 Å². The fourth-order valence-electron chi connectivity index (χ4n) is 1.52. The number of para-hydroxylation sites is 1. The van der Waals surface area contributed by atoms with E-state index in [-0.39, 0.29) is 5.41 Å². The molecule has 1 heterocycles. The smallest absolute Gasteiger partial charge is 0.0775 e. The first kappa shape index (κ1) is 12.7. The first-order valence-corrected chi connectivity index (χ1v) is 6.75. The molecule has 0 spiro atoms. The molecule has 0 bridgehead atoms. The van der Waals surface area contributed by atoms with Gasteiger partial charge in [0.2, 0.25) is 0 Å². The average molecular weight is 255 g/mol. The van der Waals surface area contributed by atoms with Crippen LogP contribution >= 0.6 is 11.3 Å². The predicted octanol–water partition coefficient (Wildman–Crippen LogP) is 4.39. The van der Waals surface area contributed by atoms with Crippen LogP contribution in [0.15, 0.2) is 36.4 Å². The summed E-state index contributed by atoms with van der Waals surface area (Å²) in [5, 5.41) is 0. The van der Waals surface area contributed by atoms with Crippen molar-refractivity contribution in [2.45, 2.75) is 20.8 Å². The lowest BCUT2D eigenvalue weighted by atomic mass is 9.98. The van der Waals surface area contributed by atoms with Crippen LogP contribution in [0, 0.1) is 17.3 Å². The molecule has 0 aliphatic rings. The van der Waals surface area contributed by atoms with E-state index >= 15 is 0 Å². The molecular formula is C16H17NS. The van der Waals surface area contributed by atoms with Gasteiger partial charge in [-0.3, -0.25) is 0 Å². The van der Waals surface area contributed by atoms with Crippen molar-refractivity contribution < 1.29 is 0 Å². The third kappa shape index (κ3) is 3.15. The van der Waals surface area contributed by atoms with Gasteiger partial charge in [0.1, 0.15) is 0 Å². The first-order valence-electron chi connectivity index (χ1n) is 5.93. The summed E-state index contributed by atoms with van der Waals surface area (Å²) in [5.41, 5.74) is 7.92. The van der Waals surface area contributed by atoms with Gasteiger partial charge in [-0.1, -0.05) is 30.0 Å². The summed E-state index contributed by atoms with van der Waals surface area (Å²) in [4.78, 5) is 2.26. The predicted molar refractivity (Wildman–Crippen MR) is 80.5 cm³/mol. The maximum absolute atomic E-state index is 5.98. The van der Waals surface area contributed by atoms with Crippen LogP contribution in [0.5, 0.6) is 0 Å². The Kier molecular flexibility index (Phi) is 3.45. The zero-order chi connectivity index (χ0) is 13.2. The number of anilines is 1. The maximum atomic E-state index is 5.98. The molecule has 0 aliphatic heterocycles. The van der Waals surface area contributed by atoms with Gasteiger partial charge in [-0.05, 0) is 39.0 Å². The minimum absolute atomic E-state index is 0.0376. The molecule has 0 saturated carbocycles. The number of nitrogens with two attached hydrogens (primary N) is 1. The van der Waals surface area contributed by atoms with Crippen molar-refractivity contribution >= 4 is 17.0 Å². The molecule has 2 rings (SSSR count). The van der Waals surface area contributed by atoms with Gasteiger partial charge in [-0.25, -0.2) is 0 Å². The molecule has 2 aromatic rings. The summed E-state index contributed by atoms with van der Waals surface area (Å²) in [5.74, 6) is 6.47.